The second-order valence-corrected chi connectivity index (χ2v) is 8.32. The number of rotatable bonds is 9. The Bertz CT molecular complexity index is 1020. The number of amides is 2. The predicted octanol–water partition coefficient (Wildman–Crippen LogP) is 3.36. The Labute approximate surface area is 180 Å². The highest BCUT2D eigenvalue weighted by Crippen LogP contribution is 2.24. The van der Waals surface area contributed by atoms with Crippen LogP contribution in [0.2, 0.25) is 0 Å². The molecular weight excluding hydrogens is 427 g/mol. The summed E-state index contributed by atoms with van der Waals surface area (Å²) in [6.07, 6.45) is 3.25. The zero-order valence-corrected chi connectivity index (χ0v) is 17.7. The number of aromatic nitrogens is 4. The quantitative estimate of drug-likeness (QED) is 0.386. The highest BCUT2D eigenvalue weighted by Gasteiger charge is 2.21. The summed E-state index contributed by atoms with van der Waals surface area (Å²) in [4.78, 5) is 28.7. The third-order valence-electron chi connectivity index (χ3n) is 3.87. The molecule has 0 aliphatic rings. The molecule has 0 radical (unpaired) electrons. The van der Waals surface area contributed by atoms with Crippen molar-refractivity contribution in [1.29, 1.82) is 0 Å². The van der Waals surface area contributed by atoms with Crippen LogP contribution in [0.5, 0.6) is 0 Å². The first-order valence-electron chi connectivity index (χ1n) is 8.91. The second kappa shape index (κ2) is 10.1. The van der Waals surface area contributed by atoms with Crippen LogP contribution in [0.15, 0.2) is 53.7 Å². The average Bonchev–Trinajstić information content (AvgIpc) is 3.35. The number of allylic oxidation sites excluding steroid dienone is 1. The van der Waals surface area contributed by atoms with Gasteiger partial charge in [-0.2, -0.15) is 0 Å². The molecule has 1 aromatic carbocycles. The smallest absolute Gasteiger partial charge is 0.239 e. The molecule has 3 rings (SSSR count). The van der Waals surface area contributed by atoms with Crippen LogP contribution < -0.4 is 10.6 Å². The zero-order valence-electron chi connectivity index (χ0n) is 16.0. The summed E-state index contributed by atoms with van der Waals surface area (Å²) in [5, 5.41) is 16.0. The van der Waals surface area contributed by atoms with Gasteiger partial charge in [-0.25, -0.2) is 9.37 Å². The minimum absolute atomic E-state index is 0.0293. The van der Waals surface area contributed by atoms with Gasteiger partial charge in [0.2, 0.25) is 11.8 Å². The van der Waals surface area contributed by atoms with E-state index in [2.05, 4.69) is 32.4 Å². The van der Waals surface area contributed by atoms with E-state index in [4.69, 9.17) is 0 Å². The highest BCUT2D eigenvalue weighted by atomic mass is 32.2. The number of nitrogens with zero attached hydrogens (tertiary/aromatic N) is 4. The summed E-state index contributed by atoms with van der Waals surface area (Å²) in [7, 11) is 0. The van der Waals surface area contributed by atoms with Crippen molar-refractivity contribution in [1.82, 2.24) is 19.7 Å². The first-order valence-corrected chi connectivity index (χ1v) is 10.7. The van der Waals surface area contributed by atoms with Gasteiger partial charge in [-0.15, -0.1) is 28.1 Å². The van der Waals surface area contributed by atoms with Crippen LogP contribution in [-0.2, 0) is 22.6 Å². The zero-order chi connectivity index (χ0) is 21.5. The molecule has 2 amide bonds. The summed E-state index contributed by atoms with van der Waals surface area (Å²) < 4.78 is 14.7. The number of benzene rings is 1. The monoisotopic (exact) mass is 446 g/mol. The van der Waals surface area contributed by atoms with Crippen LogP contribution in [0.25, 0.3) is 0 Å². The Balaban J connectivity index is 1.66. The number of hydrogen-bond donors (Lipinski definition) is 2. The van der Waals surface area contributed by atoms with E-state index >= 15 is 0 Å². The van der Waals surface area contributed by atoms with Gasteiger partial charge < -0.3 is 15.2 Å². The molecular formula is C19H19FN6O2S2. The van der Waals surface area contributed by atoms with Gasteiger partial charge in [0.1, 0.15) is 11.6 Å². The maximum atomic E-state index is 13.0. The van der Waals surface area contributed by atoms with E-state index in [-0.39, 0.29) is 24.1 Å². The number of thiazole rings is 1. The van der Waals surface area contributed by atoms with Crippen LogP contribution in [0.3, 0.4) is 0 Å². The molecule has 11 heteroatoms. The number of thioether (sulfide) groups is 1. The molecule has 2 heterocycles. The van der Waals surface area contributed by atoms with Gasteiger partial charge in [0.25, 0.3) is 0 Å². The number of nitrogens with one attached hydrogen (secondary N) is 2. The molecule has 8 nitrogen and oxygen atoms in total. The molecule has 1 unspecified atom stereocenters. The minimum atomic E-state index is -0.456. The van der Waals surface area contributed by atoms with E-state index in [0.29, 0.717) is 28.3 Å². The Morgan fingerprint density at radius 3 is 2.73 bits per heavy atom. The Morgan fingerprint density at radius 1 is 1.30 bits per heavy atom. The molecule has 0 bridgehead atoms. The molecule has 3 aromatic rings. The highest BCUT2D eigenvalue weighted by molar-refractivity contribution is 8.00. The van der Waals surface area contributed by atoms with Crippen molar-refractivity contribution >= 4 is 45.7 Å². The number of halogens is 1. The summed E-state index contributed by atoms with van der Waals surface area (Å²) in [6.45, 7) is 5.86. The van der Waals surface area contributed by atoms with Crippen molar-refractivity contribution in [3.8, 4) is 0 Å². The van der Waals surface area contributed by atoms with E-state index in [1.54, 1.807) is 29.1 Å². The van der Waals surface area contributed by atoms with Gasteiger partial charge in [-0.1, -0.05) is 17.8 Å². The standard InChI is InChI=1S/C19H19FN6O2S2/c1-3-9-26-15(11-16(27)22-14-6-4-13(20)5-7-14)24-25-19(26)30-12(2)17(28)23-18-21-8-10-29-18/h3-8,10,12H,1,9,11H2,2H3,(H,22,27)(H,21,23,28). The predicted molar refractivity (Wildman–Crippen MR) is 115 cm³/mol. The molecule has 0 aliphatic carbocycles. The molecule has 0 fully saturated rings. The lowest BCUT2D eigenvalue weighted by atomic mass is 10.3. The maximum absolute atomic E-state index is 13.0. The number of hydrogen-bond acceptors (Lipinski definition) is 7. The Kier molecular flexibility index (Phi) is 7.31. The normalized spacial score (nSPS) is 11.7. The average molecular weight is 447 g/mol. The Hall–Kier alpha value is -3.05. The molecule has 30 heavy (non-hydrogen) atoms. The third kappa shape index (κ3) is 5.74. The molecule has 0 saturated carbocycles. The fourth-order valence-corrected chi connectivity index (χ4v) is 3.84. The first kappa shape index (κ1) is 21.7. The number of anilines is 2. The van der Waals surface area contributed by atoms with Crippen LogP contribution in [0.4, 0.5) is 15.2 Å². The van der Waals surface area contributed by atoms with Crippen molar-refractivity contribution in [3.05, 3.63) is 60.1 Å². The fourth-order valence-electron chi connectivity index (χ4n) is 2.44. The van der Waals surface area contributed by atoms with Crippen molar-refractivity contribution in [3.63, 3.8) is 0 Å². The second-order valence-electron chi connectivity index (χ2n) is 6.12. The molecule has 0 saturated heterocycles. The van der Waals surface area contributed by atoms with Crippen molar-refractivity contribution < 1.29 is 14.0 Å². The largest absolute Gasteiger partial charge is 0.326 e. The van der Waals surface area contributed by atoms with Gasteiger partial charge in [0, 0.05) is 23.8 Å². The van der Waals surface area contributed by atoms with Crippen molar-refractivity contribution in [2.24, 2.45) is 0 Å². The molecule has 2 aromatic heterocycles. The topological polar surface area (TPSA) is 102 Å². The molecule has 0 aliphatic heterocycles. The van der Waals surface area contributed by atoms with Gasteiger partial charge in [0.15, 0.2) is 10.3 Å². The van der Waals surface area contributed by atoms with Crippen molar-refractivity contribution in [2.45, 2.75) is 30.3 Å². The number of carbonyl (C=O) groups excluding carboxylic acids is 2. The van der Waals surface area contributed by atoms with Gasteiger partial charge in [-0.3, -0.25) is 9.59 Å². The van der Waals surface area contributed by atoms with E-state index in [0.717, 1.165) is 0 Å². The summed E-state index contributed by atoms with van der Waals surface area (Å²) in [5.74, 6) is -0.470. The van der Waals surface area contributed by atoms with Crippen LogP contribution in [-0.4, -0.2) is 36.8 Å². The van der Waals surface area contributed by atoms with Crippen LogP contribution >= 0.6 is 23.1 Å². The number of carbonyl (C=O) groups is 2. The first-order chi connectivity index (χ1) is 14.5. The molecule has 156 valence electrons. The van der Waals surface area contributed by atoms with E-state index in [1.165, 1.54) is 47.4 Å². The lowest BCUT2D eigenvalue weighted by molar-refractivity contribution is -0.116. The van der Waals surface area contributed by atoms with Crippen LogP contribution in [0.1, 0.15) is 12.7 Å². The summed E-state index contributed by atoms with van der Waals surface area (Å²) in [5.41, 5.74) is 0.485. The van der Waals surface area contributed by atoms with Crippen LogP contribution in [0, 0.1) is 5.82 Å². The molecule has 0 spiro atoms. The lowest BCUT2D eigenvalue weighted by Gasteiger charge is -2.12. The Morgan fingerprint density at radius 2 is 2.07 bits per heavy atom. The van der Waals surface area contributed by atoms with E-state index in [1.807, 2.05) is 0 Å². The maximum Gasteiger partial charge on any atom is 0.239 e. The SMILES string of the molecule is C=CCn1c(CC(=O)Nc2ccc(F)cc2)nnc1SC(C)C(=O)Nc1nccs1. The fraction of sp³-hybridized carbons (Fsp3) is 0.211. The third-order valence-corrected chi connectivity index (χ3v) is 5.63. The summed E-state index contributed by atoms with van der Waals surface area (Å²) in [6, 6.07) is 5.49. The van der Waals surface area contributed by atoms with Gasteiger partial charge in [0.05, 0.1) is 11.7 Å². The van der Waals surface area contributed by atoms with E-state index < -0.39 is 5.25 Å². The summed E-state index contributed by atoms with van der Waals surface area (Å²) >= 11 is 2.56. The minimum Gasteiger partial charge on any atom is -0.326 e. The van der Waals surface area contributed by atoms with Crippen molar-refractivity contribution in [2.75, 3.05) is 10.6 Å². The lowest BCUT2D eigenvalue weighted by Crippen LogP contribution is -2.23. The molecule has 2 N–H and O–H groups in total. The van der Waals surface area contributed by atoms with Gasteiger partial charge >= 0.3 is 0 Å². The van der Waals surface area contributed by atoms with E-state index in [9.17, 15) is 14.0 Å². The van der Waals surface area contributed by atoms with Gasteiger partial charge in [-0.05, 0) is 31.2 Å². The molecule has 1 atom stereocenters.